The number of rotatable bonds is 6. The highest BCUT2D eigenvalue weighted by Crippen LogP contribution is 2.35. The summed E-state index contributed by atoms with van der Waals surface area (Å²) in [5, 5.41) is 2.94. The van der Waals surface area contributed by atoms with Gasteiger partial charge in [0.15, 0.2) is 0 Å². The van der Waals surface area contributed by atoms with Crippen molar-refractivity contribution in [3.8, 4) is 0 Å². The topological polar surface area (TPSA) is 71.8 Å². The smallest absolute Gasteiger partial charge is 0.322 e. The lowest BCUT2D eigenvalue weighted by Crippen LogP contribution is -2.38. The zero-order valence-corrected chi connectivity index (χ0v) is 14.4. The Labute approximate surface area is 146 Å². The van der Waals surface area contributed by atoms with E-state index in [0.29, 0.717) is 5.69 Å². The summed E-state index contributed by atoms with van der Waals surface area (Å²) in [6, 6.07) is 10.8. The molecular weight excluding hydrogens is 320 g/mol. The van der Waals surface area contributed by atoms with E-state index >= 15 is 0 Å². The van der Waals surface area contributed by atoms with Gasteiger partial charge in [0, 0.05) is 11.7 Å². The van der Waals surface area contributed by atoms with Crippen molar-refractivity contribution in [3.05, 3.63) is 54.0 Å². The minimum absolute atomic E-state index is 0.115. The molecule has 0 radical (unpaired) electrons. The molecule has 1 saturated carbocycles. The van der Waals surface area contributed by atoms with Gasteiger partial charge in [0.25, 0.3) is 0 Å². The Kier molecular flexibility index (Phi) is 5.07. The molecule has 1 N–H and O–H groups in total. The van der Waals surface area contributed by atoms with Crippen LogP contribution < -0.4 is 5.32 Å². The lowest BCUT2D eigenvalue weighted by atomic mass is 10.1. The molecule has 1 unspecified atom stereocenters. The van der Waals surface area contributed by atoms with Crippen molar-refractivity contribution in [1.82, 2.24) is 4.90 Å². The van der Waals surface area contributed by atoms with Crippen LogP contribution in [0.3, 0.4) is 0 Å². The first kappa shape index (κ1) is 17.1. The van der Waals surface area contributed by atoms with Gasteiger partial charge in [-0.05, 0) is 43.5 Å². The molecule has 1 atom stereocenters. The lowest BCUT2D eigenvalue weighted by Gasteiger charge is -2.28. The summed E-state index contributed by atoms with van der Waals surface area (Å²) < 4.78 is 10.2. The van der Waals surface area contributed by atoms with Crippen molar-refractivity contribution in [2.45, 2.75) is 38.3 Å². The van der Waals surface area contributed by atoms with Crippen molar-refractivity contribution < 1.29 is 18.7 Å². The molecule has 1 aromatic heterocycles. The number of anilines is 1. The Morgan fingerprint density at radius 1 is 1.28 bits per heavy atom. The number of nitrogens with zero attached hydrogens (tertiary/aromatic N) is 1. The second kappa shape index (κ2) is 7.42. The first-order chi connectivity index (χ1) is 12.1. The summed E-state index contributed by atoms with van der Waals surface area (Å²) in [5.74, 6) is 0.412. The predicted molar refractivity (Wildman–Crippen MR) is 93.2 cm³/mol. The number of amides is 2. The van der Waals surface area contributed by atoms with Crippen LogP contribution in [-0.4, -0.2) is 30.1 Å². The van der Waals surface area contributed by atoms with E-state index in [9.17, 15) is 9.59 Å². The van der Waals surface area contributed by atoms with Gasteiger partial charge in [-0.2, -0.15) is 0 Å². The quantitative estimate of drug-likeness (QED) is 0.812. The molecule has 0 bridgehead atoms. The molecule has 1 aliphatic carbocycles. The third-order valence-corrected chi connectivity index (χ3v) is 4.37. The van der Waals surface area contributed by atoms with Crippen molar-refractivity contribution in [2.24, 2.45) is 0 Å². The monoisotopic (exact) mass is 342 g/mol. The van der Waals surface area contributed by atoms with Crippen molar-refractivity contribution in [1.29, 1.82) is 0 Å². The van der Waals surface area contributed by atoms with Crippen LogP contribution in [0.15, 0.2) is 47.1 Å². The number of hydrogen-bond donors (Lipinski definition) is 1. The zero-order valence-electron chi connectivity index (χ0n) is 14.4. The predicted octanol–water partition coefficient (Wildman–Crippen LogP) is 3.75. The van der Waals surface area contributed by atoms with Gasteiger partial charge in [-0.15, -0.1) is 0 Å². The molecule has 2 aromatic rings. The number of ether oxygens (including phenoxy) is 1. The summed E-state index contributed by atoms with van der Waals surface area (Å²) in [6.45, 7) is 1.96. The maximum Gasteiger partial charge on any atom is 0.322 e. The molecule has 6 nitrogen and oxygen atoms in total. The standard InChI is InChI=1S/C19H22N2O4/c1-13(17-8-5-11-25-17)21(15-9-10-15)19(23)20-16-7-4-3-6-14(16)12-18(22)24-2/h3-8,11,13,15H,9-10,12H2,1-2H3,(H,20,23). The third-order valence-electron chi connectivity index (χ3n) is 4.37. The average Bonchev–Trinajstić information content (AvgIpc) is 3.27. The van der Waals surface area contributed by atoms with Crippen molar-refractivity contribution in [3.63, 3.8) is 0 Å². The van der Waals surface area contributed by atoms with Crippen molar-refractivity contribution >= 4 is 17.7 Å². The second-order valence-corrected chi connectivity index (χ2v) is 6.17. The van der Waals surface area contributed by atoms with Gasteiger partial charge in [0.05, 0.1) is 25.8 Å². The maximum atomic E-state index is 12.9. The van der Waals surface area contributed by atoms with Gasteiger partial charge in [0.2, 0.25) is 0 Å². The van der Waals surface area contributed by atoms with Gasteiger partial charge < -0.3 is 19.4 Å². The summed E-state index contributed by atoms with van der Waals surface area (Å²) in [7, 11) is 1.35. The number of benzene rings is 1. The molecule has 1 fully saturated rings. The first-order valence-electron chi connectivity index (χ1n) is 8.37. The molecule has 25 heavy (non-hydrogen) atoms. The van der Waals surface area contributed by atoms with Crippen molar-refractivity contribution in [2.75, 3.05) is 12.4 Å². The minimum atomic E-state index is -0.343. The summed E-state index contributed by atoms with van der Waals surface area (Å²) in [4.78, 5) is 26.3. The fraction of sp³-hybridized carbons (Fsp3) is 0.368. The maximum absolute atomic E-state index is 12.9. The number of nitrogens with one attached hydrogen (secondary N) is 1. The number of carbonyl (C=O) groups excluding carboxylic acids is 2. The van der Waals surface area contributed by atoms with Crippen LogP contribution in [0.2, 0.25) is 0 Å². The second-order valence-electron chi connectivity index (χ2n) is 6.17. The Balaban J connectivity index is 1.77. The van der Waals surface area contributed by atoms with E-state index in [0.717, 1.165) is 24.2 Å². The van der Waals surface area contributed by atoms with Gasteiger partial charge in [0.1, 0.15) is 5.76 Å². The Morgan fingerprint density at radius 3 is 2.68 bits per heavy atom. The van der Waals surface area contributed by atoms with Gasteiger partial charge >= 0.3 is 12.0 Å². The zero-order chi connectivity index (χ0) is 17.8. The van der Waals surface area contributed by atoms with Gasteiger partial charge in [-0.1, -0.05) is 18.2 Å². The molecule has 3 rings (SSSR count). The fourth-order valence-corrected chi connectivity index (χ4v) is 2.88. The number of carbonyl (C=O) groups is 2. The molecule has 0 aliphatic heterocycles. The van der Waals surface area contributed by atoms with Crippen LogP contribution in [0, 0.1) is 0 Å². The number of urea groups is 1. The number of furan rings is 1. The Hall–Kier alpha value is -2.76. The largest absolute Gasteiger partial charge is 0.469 e. The highest BCUT2D eigenvalue weighted by atomic mass is 16.5. The van der Waals surface area contributed by atoms with Crippen LogP contribution in [0.5, 0.6) is 0 Å². The SMILES string of the molecule is COC(=O)Cc1ccccc1NC(=O)N(C1CC1)C(C)c1ccco1. The van der Waals surface area contributed by atoms with Crippen LogP contribution in [0.4, 0.5) is 10.5 Å². The normalized spacial score (nSPS) is 14.6. The lowest BCUT2D eigenvalue weighted by molar-refractivity contribution is -0.139. The highest BCUT2D eigenvalue weighted by molar-refractivity contribution is 5.91. The van der Waals surface area contributed by atoms with Gasteiger partial charge in [-0.25, -0.2) is 4.79 Å². The summed E-state index contributed by atoms with van der Waals surface area (Å²) in [5.41, 5.74) is 1.35. The molecule has 1 aromatic carbocycles. The molecular formula is C19H22N2O4. The van der Waals surface area contributed by atoms with Crippen LogP contribution >= 0.6 is 0 Å². The number of para-hydroxylation sites is 1. The molecule has 0 saturated heterocycles. The molecule has 0 spiro atoms. The molecule has 2 amide bonds. The summed E-state index contributed by atoms with van der Waals surface area (Å²) in [6.07, 6.45) is 3.70. The number of hydrogen-bond acceptors (Lipinski definition) is 4. The van der Waals surface area contributed by atoms with E-state index in [1.54, 1.807) is 12.3 Å². The Bertz CT molecular complexity index is 738. The molecule has 132 valence electrons. The number of methoxy groups -OCH3 is 1. The Morgan fingerprint density at radius 2 is 2.04 bits per heavy atom. The van der Waals surface area contributed by atoms with E-state index in [4.69, 9.17) is 9.15 Å². The van der Waals surface area contributed by atoms with Crippen LogP contribution in [0.25, 0.3) is 0 Å². The molecule has 1 aliphatic rings. The fourth-order valence-electron chi connectivity index (χ4n) is 2.88. The van der Waals surface area contributed by atoms with Crippen LogP contribution in [-0.2, 0) is 16.0 Å². The third kappa shape index (κ3) is 4.02. The van der Waals surface area contributed by atoms with Gasteiger partial charge in [-0.3, -0.25) is 4.79 Å². The van der Waals surface area contributed by atoms with E-state index in [2.05, 4.69) is 5.32 Å². The molecule has 6 heteroatoms. The van der Waals surface area contributed by atoms with E-state index in [-0.39, 0.29) is 30.5 Å². The van der Waals surface area contributed by atoms with E-state index < -0.39 is 0 Å². The minimum Gasteiger partial charge on any atom is -0.469 e. The first-order valence-corrected chi connectivity index (χ1v) is 8.37. The average molecular weight is 342 g/mol. The molecule has 1 heterocycles. The number of esters is 1. The summed E-state index contributed by atoms with van der Waals surface area (Å²) >= 11 is 0. The van der Waals surface area contributed by atoms with E-state index in [1.165, 1.54) is 7.11 Å². The van der Waals surface area contributed by atoms with Crippen LogP contribution in [0.1, 0.15) is 37.1 Å². The van der Waals surface area contributed by atoms with E-state index in [1.807, 2.05) is 42.2 Å². The highest BCUT2D eigenvalue weighted by Gasteiger charge is 2.37.